The third kappa shape index (κ3) is 28.1. The molecule has 0 saturated carbocycles. The lowest BCUT2D eigenvalue weighted by atomic mass is 10.1. The average Bonchev–Trinajstić information content (AvgIpc) is 2.72. The van der Waals surface area contributed by atoms with Gasteiger partial charge in [-0.25, -0.2) is 0 Å². The molecule has 0 aliphatic carbocycles. The SMILES string of the molecule is CCCCCCCCCCCCC[N+](C)(C)CCO.CCCCOP(=O)([O-])OCCCC. The fourth-order valence-corrected chi connectivity index (χ4v) is 4.05. The topological polar surface area (TPSA) is 78.8 Å². The van der Waals surface area contributed by atoms with Gasteiger partial charge in [0.1, 0.15) is 6.54 Å². The zero-order chi connectivity index (χ0) is 24.6. The number of hydrogen-bond acceptors (Lipinski definition) is 5. The van der Waals surface area contributed by atoms with Crippen LogP contribution in [0.25, 0.3) is 0 Å². The number of likely N-dealkylation sites (N-methyl/N-ethyl adjacent to an activating group) is 1. The van der Waals surface area contributed by atoms with Crippen LogP contribution in [-0.2, 0) is 13.6 Å². The smallest absolute Gasteiger partial charge is 0.267 e. The highest BCUT2D eigenvalue weighted by Gasteiger charge is 2.12. The molecule has 0 rings (SSSR count). The Bertz CT molecular complexity index is 407. The lowest BCUT2D eigenvalue weighted by Crippen LogP contribution is -2.42. The van der Waals surface area contributed by atoms with E-state index in [2.05, 4.69) is 30.1 Å². The van der Waals surface area contributed by atoms with E-state index in [1.807, 2.05) is 13.8 Å². The quantitative estimate of drug-likeness (QED) is 0.109. The first-order chi connectivity index (χ1) is 15.2. The van der Waals surface area contributed by atoms with Gasteiger partial charge in [0, 0.05) is 0 Å². The van der Waals surface area contributed by atoms with Gasteiger partial charge in [-0.1, -0.05) is 91.4 Å². The minimum atomic E-state index is -4.00. The third-order valence-electron chi connectivity index (χ3n) is 5.57. The Kier molecular flexibility index (Phi) is 25.8. The summed E-state index contributed by atoms with van der Waals surface area (Å²) in [6.45, 7) is 9.07. The van der Waals surface area contributed by atoms with Crippen LogP contribution >= 0.6 is 7.82 Å². The van der Waals surface area contributed by atoms with E-state index in [0.717, 1.165) is 36.7 Å². The number of quaternary nitrogens is 1. The highest BCUT2D eigenvalue weighted by molar-refractivity contribution is 7.45. The second-order valence-electron chi connectivity index (χ2n) is 9.46. The monoisotopic (exact) mass is 481 g/mol. The molecule has 0 atom stereocenters. The average molecular weight is 482 g/mol. The van der Waals surface area contributed by atoms with Crippen molar-refractivity contribution in [3.63, 3.8) is 0 Å². The van der Waals surface area contributed by atoms with Gasteiger partial charge in [-0.2, -0.15) is 0 Å². The Morgan fingerprint density at radius 2 is 1.03 bits per heavy atom. The molecular formula is C25H56NO5P. The first kappa shape index (κ1) is 34.2. The molecule has 0 amide bonds. The number of phosphoric acid groups is 1. The van der Waals surface area contributed by atoms with Crippen LogP contribution in [0.1, 0.15) is 117 Å². The van der Waals surface area contributed by atoms with Crippen molar-refractivity contribution in [2.24, 2.45) is 0 Å². The Hall–Kier alpha value is 0.0300. The van der Waals surface area contributed by atoms with E-state index in [1.165, 1.54) is 77.2 Å². The second-order valence-corrected chi connectivity index (χ2v) is 10.9. The Balaban J connectivity index is 0. The molecule has 0 aromatic carbocycles. The number of nitrogens with zero attached hydrogens (tertiary/aromatic N) is 1. The molecule has 0 aromatic rings. The highest BCUT2D eigenvalue weighted by Crippen LogP contribution is 2.38. The van der Waals surface area contributed by atoms with Crippen molar-refractivity contribution < 1.29 is 28.1 Å². The van der Waals surface area contributed by atoms with E-state index in [4.69, 9.17) is 5.11 Å². The van der Waals surface area contributed by atoms with Gasteiger partial charge in [-0.3, -0.25) is 4.57 Å². The lowest BCUT2D eigenvalue weighted by molar-refractivity contribution is -0.890. The lowest BCUT2D eigenvalue weighted by Gasteiger charge is -2.28. The molecule has 0 bridgehead atoms. The Morgan fingerprint density at radius 1 is 0.656 bits per heavy atom. The molecule has 0 unspecified atom stereocenters. The van der Waals surface area contributed by atoms with Crippen LogP contribution in [0.2, 0.25) is 0 Å². The van der Waals surface area contributed by atoms with E-state index >= 15 is 0 Å². The van der Waals surface area contributed by atoms with Gasteiger partial charge >= 0.3 is 0 Å². The van der Waals surface area contributed by atoms with Crippen molar-refractivity contribution in [3.05, 3.63) is 0 Å². The molecule has 0 spiro atoms. The third-order valence-corrected chi connectivity index (χ3v) is 6.56. The van der Waals surface area contributed by atoms with Crippen LogP contribution in [0.4, 0.5) is 0 Å². The fourth-order valence-electron chi connectivity index (χ4n) is 3.27. The molecule has 196 valence electrons. The number of phosphoric ester groups is 1. The summed E-state index contributed by atoms with van der Waals surface area (Å²) in [7, 11) is 0.428. The molecule has 6 nitrogen and oxygen atoms in total. The highest BCUT2D eigenvalue weighted by atomic mass is 31.2. The number of rotatable bonds is 22. The van der Waals surface area contributed by atoms with Gasteiger partial charge < -0.3 is 23.5 Å². The zero-order valence-electron chi connectivity index (χ0n) is 22.1. The predicted molar refractivity (Wildman–Crippen MR) is 135 cm³/mol. The van der Waals surface area contributed by atoms with Crippen LogP contribution in [0.5, 0.6) is 0 Å². The largest absolute Gasteiger partial charge is 0.756 e. The van der Waals surface area contributed by atoms with Crippen LogP contribution in [0.15, 0.2) is 0 Å². The molecule has 32 heavy (non-hydrogen) atoms. The van der Waals surface area contributed by atoms with E-state index in [-0.39, 0.29) is 13.2 Å². The summed E-state index contributed by atoms with van der Waals surface area (Å²) in [5.41, 5.74) is 0. The summed E-state index contributed by atoms with van der Waals surface area (Å²) in [5.74, 6) is 0. The maximum atomic E-state index is 11.0. The van der Waals surface area contributed by atoms with Crippen LogP contribution < -0.4 is 4.89 Å². The van der Waals surface area contributed by atoms with Crippen molar-refractivity contribution in [2.75, 3.05) is 47.0 Å². The molecule has 7 heteroatoms. The zero-order valence-corrected chi connectivity index (χ0v) is 23.0. The first-order valence-electron chi connectivity index (χ1n) is 13.3. The summed E-state index contributed by atoms with van der Waals surface area (Å²) in [5, 5.41) is 8.96. The van der Waals surface area contributed by atoms with Crippen molar-refractivity contribution >= 4 is 7.82 Å². The van der Waals surface area contributed by atoms with Gasteiger partial charge in [0.25, 0.3) is 7.82 Å². The molecular weight excluding hydrogens is 425 g/mol. The maximum absolute atomic E-state index is 11.0. The normalized spacial score (nSPS) is 12.0. The predicted octanol–water partition coefficient (Wildman–Crippen LogP) is 6.45. The molecule has 0 aliphatic rings. The van der Waals surface area contributed by atoms with E-state index in [0.29, 0.717) is 6.61 Å². The Morgan fingerprint density at radius 3 is 1.41 bits per heavy atom. The number of hydrogen-bond donors (Lipinski definition) is 1. The molecule has 0 radical (unpaired) electrons. The second kappa shape index (κ2) is 24.2. The van der Waals surface area contributed by atoms with Crippen molar-refractivity contribution in [3.8, 4) is 0 Å². The fraction of sp³-hybridized carbons (Fsp3) is 1.00. The van der Waals surface area contributed by atoms with Gasteiger partial charge in [-0.15, -0.1) is 0 Å². The number of unbranched alkanes of at least 4 members (excludes halogenated alkanes) is 12. The molecule has 0 saturated heterocycles. The molecule has 0 heterocycles. The summed E-state index contributed by atoms with van der Waals surface area (Å²) < 4.78 is 21.1. The van der Waals surface area contributed by atoms with Gasteiger partial charge in [0.15, 0.2) is 0 Å². The van der Waals surface area contributed by atoms with Crippen LogP contribution in [0.3, 0.4) is 0 Å². The maximum Gasteiger partial charge on any atom is 0.267 e. The van der Waals surface area contributed by atoms with Gasteiger partial charge in [0.05, 0.1) is 40.5 Å². The summed E-state index contributed by atoms with van der Waals surface area (Å²) in [6.07, 6.45) is 18.8. The van der Waals surface area contributed by atoms with E-state index < -0.39 is 7.82 Å². The standard InChI is InChI=1S/C17H38NO.C8H19O4P/c1-4-5-6-7-8-9-10-11-12-13-14-15-18(2,3)16-17-19;1-3-5-7-11-13(9,10)12-8-6-4-2/h19H,4-17H2,1-3H3;3-8H2,1-2H3,(H,9,10)/q+1;/p-1. The van der Waals surface area contributed by atoms with Crippen molar-refractivity contribution in [2.45, 2.75) is 117 Å². The van der Waals surface area contributed by atoms with Crippen LogP contribution in [0, 0.1) is 0 Å². The van der Waals surface area contributed by atoms with Gasteiger partial charge in [0.2, 0.25) is 0 Å². The van der Waals surface area contributed by atoms with E-state index in [1.54, 1.807) is 0 Å². The number of aliphatic hydroxyl groups is 1. The molecule has 0 aliphatic heterocycles. The molecule has 0 aromatic heterocycles. The summed E-state index contributed by atoms with van der Waals surface area (Å²) in [6, 6.07) is 0. The minimum Gasteiger partial charge on any atom is -0.756 e. The van der Waals surface area contributed by atoms with Gasteiger partial charge in [-0.05, 0) is 25.7 Å². The van der Waals surface area contributed by atoms with E-state index in [9.17, 15) is 9.46 Å². The summed E-state index contributed by atoms with van der Waals surface area (Å²) >= 11 is 0. The molecule has 0 fully saturated rings. The van der Waals surface area contributed by atoms with Crippen molar-refractivity contribution in [1.29, 1.82) is 0 Å². The first-order valence-corrected chi connectivity index (χ1v) is 14.7. The van der Waals surface area contributed by atoms with Crippen LogP contribution in [-0.4, -0.2) is 56.6 Å². The number of aliphatic hydroxyl groups excluding tert-OH is 1. The minimum absolute atomic E-state index is 0.226. The van der Waals surface area contributed by atoms with Crippen molar-refractivity contribution in [1.82, 2.24) is 0 Å². The summed E-state index contributed by atoms with van der Waals surface area (Å²) in [4.78, 5) is 11.0. The Labute approximate surface area is 200 Å². The molecule has 1 N–H and O–H groups in total.